The van der Waals surface area contributed by atoms with Crippen LogP contribution in [0.5, 0.6) is 0 Å². The number of hydrogen-bond acceptors (Lipinski definition) is 8. The smallest absolute Gasteiger partial charge is 0.472 e. The fraction of sp³-hybridized carbons (Fsp3) is 0.833. The van der Waals surface area contributed by atoms with Gasteiger partial charge in [0.15, 0.2) is 0 Å². The minimum absolute atomic E-state index is 0.0140. The summed E-state index contributed by atoms with van der Waals surface area (Å²) in [6.07, 6.45) is 50.6. The van der Waals surface area contributed by atoms with Gasteiger partial charge in [-0.1, -0.05) is 179 Å². The van der Waals surface area contributed by atoms with Crippen molar-refractivity contribution in [2.45, 2.75) is 231 Å². The van der Waals surface area contributed by atoms with Crippen LogP contribution in [-0.2, 0) is 32.7 Å². The van der Waals surface area contributed by atoms with E-state index in [-0.39, 0.29) is 13.0 Å². The Kier molecular flexibility index (Phi) is 42.9. The SMILES string of the molecule is CCCCCC/C=C\CCCCCCCC(=O)OC(COCCCCCCCCCCCCCC/C=C\C/C=C\CCCCCCC)COP(=O)(O)OCC(N)C(=O)O. The Morgan fingerprint density at radius 1 is 0.542 bits per heavy atom. The van der Waals surface area contributed by atoms with Gasteiger partial charge in [0.25, 0.3) is 0 Å². The Bertz CT molecular complexity index is 1080. The van der Waals surface area contributed by atoms with E-state index < -0.39 is 45.1 Å². The van der Waals surface area contributed by atoms with Gasteiger partial charge >= 0.3 is 19.8 Å². The van der Waals surface area contributed by atoms with E-state index >= 15 is 0 Å². The van der Waals surface area contributed by atoms with Crippen molar-refractivity contribution in [3.05, 3.63) is 36.5 Å². The van der Waals surface area contributed by atoms with E-state index in [0.717, 1.165) is 57.8 Å². The van der Waals surface area contributed by atoms with Gasteiger partial charge in [-0.2, -0.15) is 0 Å². The summed E-state index contributed by atoms with van der Waals surface area (Å²) < 4.78 is 33.4. The molecule has 0 aromatic carbocycles. The molecular formula is C48H90NO9P. The predicted octanol–water partition coefficient (Wildman–Crippen LogP) is 13.7. The van der Waals surface area contributed by atoms with Crippen LogP contribution in [0.2, 0.25) is 0 Å². The number of phosphoric acid groups is 1. The Balaban J connectivity index is 4.10. The van der Waals surface area contributed by atoms with Crippen LogP contribution in [0.15, 0.2) is 36.5 Å². The van der Waals surface area contributed by atoms with Crippen LogP contribution >= 0.6 is 7.82 Å². The highest BCUT2D eigenvalue weighted by Gasteiger charge is 2.27. The molecule has 4 N–H and O–H groups in total. The molecule has 0 aliphatic rings. The van der Waals surface area contributed by atoms with Crippen LogP contribution in [0, 0.1) is 0 Å². The van der Waals surface area contributed by atoms with Crippen LogP contribution in [-0.4, -0.2) is 60.5 Å². The maximum Gasteiger partial charge on any atom is 0.472 e. The highest BCUT2D eigenvalue weighted by molar-refractivity contribution is 7.47. The zero-order chi connectivity index (χ0) is 43.3. The number of aliphatic carboxylic acids is 1. The molecule has 0 saturated carbocycles. The van der Waals surface area contributed by atoms with Crippen LogP contribution < -0.4 is 5.73 Å². The molecule has 0 radical (unpaired) electrons. The number of carboxylic acids is 1. The average molecular weight is 856 g/mol. The summed E-state index contributed by atoms with van der Waals surface area (Å²) in [6.45, 7) is 3.86. The van der Waals surface area contributed by atoms with Gasteiger partial charge in [-0.15, -0.1) is 0 Å². The second kappa shape index (κ2) is 44.3. The molecule has 0 saturated heterocycles. The monoisotopic (exact) mass is 856 g/mol. The number of unbranched alkanes of at least 4 members (excludes halogenated alkanes) is 26. The minimum Gasteiger partial charge on any atom is -0.480 e. The molecule has 0 fully saturated rings. The number of hydrogen-bond donors (Lipinski definition) is 3. The van der Waals surface area contributed by atoms with Gasteiger partial charge in [-0.25, -0.2) is 4.57 Å². The summed E-state index contributed by atoms with van der Waals surface area (Å²) in [6, 6.07) is -1.47. The van der Waals surface area contributed by atoms with Gasteiger partial charge in [-0.3, -0.25) is 18.6 Å². The van der Waals surface area contributed by atoms with Gasteiger partial charge in [0.2, 0.25) is 0 Å². The third kappa shape index (κ3) is 44.1. The third-order valence-electron chi connectivity index (χ3n) is 10.4. The van der Waals surface area contributed by atoms with E-state index in [9.17, 15) is 19.0 Å². The summed E-state index contributed by atoms with van der Waals surface area (Å²) in [5.74, 6) is -1.78. The second-order valence-corrected chi connectivity index (χ2v) is 17.7. The Morgan fingerprint density at radius 3 is 1.41 bits per heavy atom. The molecule has 3 atom stereocenters. The fourth-order valence-electron chi connectivity index (χ4n) is 6.63. The first-order valence-electron chi connectivity index (χ1n) is 24.0. The number of ether oxygens (including phenoxy) is 2. The maximum absolute atomic E-state index is 12.6. The first-order valence-corrected chi connectivity index (χ1v) is 25.5. The predicted molar refractivity (Wildman–Crippen MR) is 245 cm³/mol. The van der Waals surface area contributed by atoms with Crippen molar-refractivity contribution in [3.63, 3.8) is 0 Å². The lowest BCUT2D eigenvalue weighted by atomic mass is 10.0. The van der Waals surface area contributed by atoms with Gasteiger partial charge < -0.3 is 25.2 Å². The molecule has 59 heavy (non-hydrogen) atoms. The number of carbonyl (C=O) groups excluding carboxylic acids is 1. The number of allylic oxidation sites excluding steroid dienone is 6. The summed E-state index contributed by atoms with van der Waals surface area (Å²) in [5.41, 5.74) is 5.36. The number of phosphoric ester groups is 1. The van der Waals surface area contributed by atoms with Crippen molar-refractivity contribution < 1.29 is 42.7 Å². The molecular weight excluding hydrogens is 766 g/mol. The molecule has 0 aromatic heterocycles. The van der Waals surface area contributed by atoms with Crippen molar-refractivity contribution in [2.75, 3.05) is 26.4 Å². The van der Waals surface area contributed by atoms with Crippen molar-refractivity contribution in [1.82, 2.24) is 0 Å². The molecule has 3 unspecified atom stereocenters. The first kappa shape index (κ1) is 57.2. The Morgan fingerprint density at radius 2 is 0.932 bits per heavy atom. The number of carbonyl (C=O) groups is 2. The molecule has 0 aromatic rings. The summed E-state index contributed by atoms with van der Waals surface area (Å²) in [7, 11) is -4.62. The fourth-order valence-corrected chi connectivity index (χ4v) is 7.41. The first-order chi connectivity index (χ1) is 28.7. The quantitative estimate of drug-likeness (QED) is 0.0233. The van der Waals surface area contributed by atoms with Crippen LogP contribution in [0.25, 0.3) is 0 Å². The summed E-state index contributed by atoms with van der Waals surface area (Å²) >= 11 is 0. The van der Waals surface area contributed by atoms with Crippen LogP contribution in [0.3, 0.4) is 0 Å². The highest BCUT2D eigenvalue weighted by Crippen LogP contribution is 2.43. The van der Waals surface area contributed by atoms with Crippen LogP contribution in [0.4, 0.5) is 0 Å². The van der Waals surface area contributed by atoms with Gasteiger partial charge in [0, 0.05) is 13.0 Å². The molecule has 11 heteroatoms. The molecule has 0 bridgehead atoms. The molecule has 0 spiro atoms. The molecule has 0 rings (SSSR count). The van der Waals surface area contributed by atoms with E-state index in [2.05, 4.69) is 50.3 Å². The normalized spacial score (nSPS) is 14.1. The van der Waals surface area contributed by atoms with E-state index in [0.29, 0.717) is 13.0 Å². The second-order valence-electron chi connectivity index (χ2n) is 16.2. The Labute approximate surface area is 361 Å². The third-order valence-corrected chi connectivity index (χ3v) is 11.3. The summed E-state index contributed by atoms with van der Waals surface area (Å²) in [5, 5.41) is 8.91. The molecule has 0 heterocycles. The number of rotatable bonds is 46. The standard InChI is InChI=1S/C48H90NO9P/c1-3-5-7-9-11-13-15-17-18-19-20-21-22-23-24-25-26-27-29-31-33-35-37-39-41-55-42-45(43-56-59(53,54)57-44-46(49)48(51)52)58-47(50)40-38-36-34-32-30-28-16-14-12-10-8-6-4-2/h14-17,19-20,45-46H,3-13,18,21-44,49H2,1-2H3,(H,51,52)(H,53,54)/b16-14-,17-15-,20-19-. The van der Waals surface area contributed by atoms with E-state index in [1.54, 1.807) is 0 Å². The number of nitrogens with two attached hydrogens (primary N) is 1. The van der Waals surface area contributed by atoms with Gasteiger partial charge in [0.1, 0.15) is 12.1 Å². The largest absolute Gasteiger partial charge is 0.480 e. The molecule has 0 aliphatic carbocycles. The van der Waals surface area contributed by atoms with E-state index in [1.807, 2.05) is 0 Å². The molecule has 10 nitrogen and oxygen atoms in total. The van der Waals surface area contributed by atoms with E-state index in [1.165, 1.54) is 135 Å². The molecule has 346 valence electrons. The zero-order valence-corrected chi connectivity index (χ0v) is 38.7. The minimum atomic E-state index is -4.62. The zero-order valence-electron chi connectivity index (χ0n) is 37.9. The number of esters is 1. The molecule has 0 amide bonds. The maximum atomic E-state index is 12.6. The topological polar surface area (TPSA) is 155 Å². The van der Waals surface area contributed by atoms with Gasteiger partial charge in [-0.05, 0) is 70.6 Å². The average Bonchev–Trinajstić information content (AvgIpc) is 3.21. The van der Waals surface area contributed by atoms with Crippen LogP contribution in [0.1, 0.15) is 219 Å². The lowest BCUT2D eigenvalue weighted by molar-refractivity contribution is -0.154. The van der Waals surface area contributed by atoms with Crippen molar-refractivity contribution in [1.29, 1.82) is 0 Å². The molecule has 0 aliphatic heterocycles. The summed E-state index contributed by atoms with van der Waals surface area (Å²) in [4.78, 5) is 33.6. The lowest BCUT2D eigenvalue weighted by Crippen LogP contribution is -2.34. The van der Waals surface area contributed by atoms with Crippen molar-refractivity contribution in [3.8, 4) is 0 Å². The van der Waals surface area contributed by atoms with Crippen molar-refractivity contribution in [2.24, 2.45) is 5.73 Å². The van der Waals surface area contributed by atoms with E-state index in [4.69, 9.17) is 29.4 Å². The van der Waals surface area contributed by atoms with Gasteiger partial charge in [0.05, 0.1) is 19.8 Å². The number of carboxylic acid groups (broad SMARTS) is 1. The van der Waals surface area contributed by atoms with Crippen molar-refractivity contribution >= 4 is 19.8 Å². The highest BCUT2D eigenvalue weighted by atomic mass is 31.2. The lowest BCUT2D eigenvalue weighted by Gasteiger charge is -2.20. The Hall–Kier alpha value is -1.81.